The number of hydrogen-bond acceptors (Lipinski definition) is 4. The van der Waals surface area contributed by atoms with Crippen LogP contribution in [0.25, 0.3) is 0 Å². The maximum Gasteiger partial charge on any atom is 0.315 e. The Bertz CT molecular complexity index is 684. The summed E-state index contributed by atoms with van der Waals surface area (Å²) in [5.41, 5.74) is 2.30. The Kier molecular flexibility index (Phi) is 5.35. The van der Waals surface area contributed by atoms with E-state index in [1.807, 2.05) is 12.1 Å². The second-order valence-corrected chi connectivity index (χ2v) is 6.90. The summed E-state index contributed by atoms with van der Waals surface area (Å²) in [6, 6.07) is 8.19. The predicted molar refractivity (Wildman–Crippen MR) is 95.9 cm³/mol. The highest BCUT2D eigenvalue weighted by Gasteiger charge is 2.39. The van der Waals surface area contributed by atoms with E-state index in [1.54, 1.807) is 18.4 Å². The van der Waals surface area contributed by atoms with Crippen molar-refractivity contribution in [1.82, 2.24) is 15.6 Å². The summed E-state index contributed by atoms with van der Waals surface area (Å²) < 4.78 is 5.17. The Morgan fingerprint density at radius 3 is 2.83 bits per heavy atom. The molecule has 0 radical (unpaired) electrons. The Hall–Kier alpha value is -2.08. The van der Waals surface area contributed by atoms with Gasteiger partial charge in [0.2, 0.25) is 0 Å². The van der Waals surface area contributed by atoms with Gasteiger partial charge in [-0.25, -0.2) is 9.78 Å². The Labute approximate surface area is 146 Å². The number of benzene rings is 1. The normalized spacial score (nSPS) is 18.9. The molecule has 6 heteroatoms. The second-order valence-electron chi connectivity index (χ2n) is 5.96. The van der Waals surface area contributed by atoms with Crippen LogP contribution in [0.2, 0.25) is 0 Å². The van der Waals surface area contributed by atoms with Gasteiger partial charge >= 0.3 is 6.03 Å². The van der Waals surface area contributed by atoms with E-state index in [1.165, 1.54) is 5.56 Å². The summed E-state index contributed by atoms with van der Waals surface area (Å²) in [6.45, 7) is 2.71. The Morgan fingerprint density at radius 1 is 1.38 bits per heavy atom. The minimum atomic E-state index is -0.0954. The fraction of sp³-hybridized carbons (Fsp3) is 0.444. The zero-order valence-corrected chi connectivity index (χ0v) is 14.9. The lowest BCUT2D eigenvalue weighted by molar-refractivity contribution is 0.240. The number of carbonyl (C=O) groups is 1. The summed E-state index contributed by atoms with van der Waals surface area (Å²) in [7, 11) is 1.66. The van der Waals surface area contributed by atoms with Gasteiger partial charge in [-0.1, -0.05) is 19.1 Å². The number of aryl methyl sites for hydroxylation is 1. The molecule has 2 amide bonds. The maximum atomic E-state index is 12.0. The van der Waals surface area contributed by atoms with E-state index in [0.717, 1.165) is 35.7 Å². The molecule has 2 atom stereocenters. The van der Waals surface area contributed by atoms with Crippen LogP contribution in [0, 0.1) is 0 Å². The number of nitrogens with one attached hydrogen (secondary N) is 2. The molecule has 24 heavy (non-hydrogen) atoms. The highest BCUT2D eigenvalue weighted by molar-refractivity contribution is 7.09. The fourth-order valence-electron chi connectivity index (χ4n) is 2.72. The molecule has 0 spiro atoms. The number of nitrogens with zero attached hydrogens (tertiary/aromatic N) is 1. The summed E-state index contributed by atoms with van der Waals surface area (Å²) in [5.74, 6) is 1.27. The zero-order chi connectivity index (χ0) is 16.9. The molecule has 0 saturated heterocycles. The molecule has 2 unspecified atom stereocenters. The number of carbonyl (C=O) groups excluding carboxylic acids is 1. The molecule has 2 aromatic rings. The smallest absolute Gasteiger partial charge is 0.315 e. The van der Waals surface area contributed by atoms with Crippen LogP contribution >= 0.6 is 11.3 Å². The molecule has 1 aliphatic carbocycles. The first-order chi connectivity index (χ1) is 11.7. The number of aromatic nitrogens is 1. The lowest BCUT2D eigenvalue weighted by atomic mass is 10.1. The van der Waals surface area contributed by atoms with E-state index in [9.17, 15) is 4.79 Å². The van der Waals surface area contributed by atoms with Gasteiger partial charge in [-0.15, -0.1) is 11.3 Å². The van der Waals surface area contributed by atoms with Crippen molar-refractivity contribution in [3.05, 3.63) is 45.9 Å². The highest BCUT2D eigenvalue weighted by Crippen LogP contribution is 2.41. The van der Waals surface area contributed by atoms with Crippen molar-refractivity contribution in [3.63, 3.8) is 0 Å². The number of ether oxygens (including phenoxy) is 1. The monoisotopic (exact) mass is 345 g/mol. The number of thiazole rings is 1. The number of methoxy groups -OCH3 is 1. The molecule has 0 aliphatic heterocycles. The molecule has 1 aromatic carbocycles. The van der Waals surface area contributed by atoms with Crippen molar-refractivity contribution in [2.75, 3.05) is 13.7 Å². The molecule has 1 heterocycles. The highest BCUT2D eigenvalue weighted by atomic mass is 32.1. The molecular formula is C18H23N3O2S. The van der Waals surface area contributed by atoms with Gasteiger partial charge in [0.25, 0.3) is 0 Å². The van der Waals surface area contributed by atoms with Crippen LogP contribution in [0.15, 0.2) is 29.6 Å². The van der Waals surface area contributed by atoms with Crippen molar-refractivity contribution in [3.8, 4) is 5.75 Å². The molecule has 1 fully saturated rings. The number of amides is 2. The SMILES string of the molecule is CCc1nc(CCNC(=O)NC2CC2c2ccc(OC)cc2)cs1. The number of rotatable bonds is 7. The summed E-state index contributed by atoms with van der Waals surface area (Å²) >= 11 is 1.68. The summed E-state index contributed by atoms with van der Waals surface area (Å²) in [6.07, 6.45) is 2.73. The van der Waals surface area contributed by atoms with Gasteiger partial charge in [0.05, 0.1) is 17.8 Å². The van der Waals surface area contributed by atoms with Crippen LogP contribution in [-0.4, -0.2) is 30.7 Å². The molecular weight excluding hydrogens is 322 g/mol. The first-order valence-corrected chi connectivity index (χ1v) is 9.19. The van der Waals surface area contributed by atoms with E-state index in [0.29, 0.717) is 12.5 Å². The van der Waals surface area contributed by atoms with E-state index < -0.39 is 0 Å². The largest absolute Gasteiger partial charge is 0.497 e. The molecule has 1 aromatic heterocycles. The molecule has 5 nitrogen and oxygen atoms in total. The van der Waals surface area contributed by atoms with Crippen molar-refractivity contribution >= 4 is 17.4 Å². The van der Waals surface area contributed by atoms with Crippen molar-refractivity contribution < 1.29 is 9.53 Å². The van der Waals surface area contributed by atoms with Gasteiger partial charge in [-0.05, 0) is 30.5 Å². The Morgan fingerprint density at radius 2 is 2.17 bits per heavy atom. The van der Waals surface area contributed by atoms with E-state index in [2.05, 4.69) is 40.1 Å². The fourth-order valence-corrected chi connectivity index (χ4v) is 3.50. The third-order valence-corrected chi connectivity index (χ3v) is 5.26. The maximum absolute atomic E-state index is 12.0. The van der Waals surface area contributed by atoms with E-state index in [-0.39, 0.29) is 12.1 Å². The first-order valence-electron chi connectivity index (χ1n) is 8.31. The third-order valence-electron chi connectivity index (χ3n) is 4.22. The molecule has 2 N–H and O–H groups in total. The molecule has 1 saturated carbocycles. The Balaban J connectivity index is 1.38. The quantitative estimate of drug-likeness (QED) is 0.810. The van der Waals surface area contributed by atoms with Crippen LogP contribution in [0.3, 0.4) is 0 Å². The van der Waals surface area contributed by atoms with E-state index >= 15 is 0 Å². The first kappa shape index (κ1) is 16.8. The number of urea groups is 1. The summed E-state index contributed by atoms with van der Waals surface area (Å²) in [4.78, 5) is 16.5. The number of hydrogen-bond donors (Lipinski definition) is 2. The van der Waals surface area contributed by atoms with E-state index in [4.69, 9.17) is 4.74 Å². The molecule has 1 aliphatic rings. The average molecular weight is 345 g/mol. The standard InChI is InChI=1S/C18H23N3O2S/c1-3-17-20-13(11-24-17)8-9-19-18(22)21-16-10-15(16)12-4-6-14(23-2)7-5-12/h4-7,11,15-16H,3,8-10H2,1-2H3,(H2,19,21,22). The van der Waals surface area contributed by atoms with Gasteiger partial charge in [0.1, 0.15) is 5.75 Å². The van der Waals surface area contributed by atoms with Crippen molar-refractivity contribution in [2.45, 2.75) is 38.1 Å². The minimum absolute atomic E-state index is 0.0954. The lowest BCUT2D eigenvalue weighted by Gasteiger charge is -2.07. The van der Waals surface area contributed by atoms with Crippen LogP contribution in [0.5, 0.6) is 5.75 Å². The minimum Gasteiger partial charge on any atom is -0.497 e. The van der Waals surface area contributed by atoms with Crippen LogP contribution in [-0.2, 0) is 12.8 Å². The molecule has 0 bridgehead atoms. The van der Waals surface area contributed by atoms with Gasteiger partial charge in [0.15, 0.2) is 0 Å². The van der Waals surface area contributed by atoms with Crippen molar-refractivity contribution in [1.29, 1.82) is 0 Å². The van der Waals surface area contributed by atoms with Crippen LogP contribution in [0.1, 0.15) is 35.5 Å². The summed E-state index contributed by atoms with van der Waals surface area (Å²) in [5, 5.41) is 9.17. The molecule has 128 valence electrons. The average Bonchev–Trinajstić information content (AvgIpc) is 3.20. The van der Waals surface area contributed by atoms with Gasteiger partial charge in [-0.2, -0.15) is 0 Å². The second kappa shape index (κ2) is 7.66. The van der Waals surface area contributed by atoms with Crippen LogP contribution in [0.4, 0.5) is 4.79 Å². The zero-order valence-electron chi connectivity index (χ0n) is 14.0. The lowest BCUT2D eigenvalue weighted by Crippen LogP contribution is -2.38. The van der Waals surface area contributed by atoms with Crippen LogP contribution < -0.4 is 15.4 Å². The molecule has 3 rings (SSSR count). The predicted octanol–water partition coefficient (Wildman–Crippen LogP) is 3.11. The van der Waals surface area contributed by atoms with Gasteiger partial charge in [0, 0.05) is 30.3 Å². The van der Waals surface area contributed by atoms with Crippen molar-refractivity contribution in [2.24, 2.45) is 0 Å². The topological polar surface area (TPSA) is 63.2 Å². The third kappa shape index (κ3) is 4.26. The van der Waals surface area contributed by atoms with Gasteiger partial charge < -0.3 is 15.4 Å². The van der Waals surface area contributed by atoms with Gasteiger partial charge in [-0.3, -0.25) is 0 Å².